The molecule has 128 valence electrons. The van der Waals surface area contributed by atoms with Crippen LogP contribution in [-0.2, 0) is 16.0 Å². The fourth-order valence-electron chi connectivity index (χ4n) is 1.94. The van der Waals surface area contributed by atoms with Gasteiger partial charge in [-0.3, -0.25) is 9.59 Å². The van der Waals surface area contributed by atoms with Crippen molar-refractivity contribution >= 4 is 11.9 Å². The molecule has 1 N–H and O–H groups in total. The topological polar surface area (TPSA) is 66.8 Å². The summed E-state index contributed by atoms with van der Waals surface area (Å²) in [5.41, 5.74) is 0.475. The van der Waals surface area contributed by atoms with Crippen molar-refractivity contribution in [3.05, 3.63) is 29.8 Å². The van der Waals surface area contributed by atoms with E-state index in [1.165, 1.54) is 17.0 Å². The summed E-state index contributed by atoms with van der Waals surface area (Å²) in [5, 5.41) is 8.87. The molecule has 0 heterocycles. The van der Waals surface area contributed by atoms with Crippen LogP contribution in [0.15, 0.2) is 24.3 Å². The summed E-state index contributed by atoms with van der Waals surface area (Å²) >= 11 is 0. The van der Waals surface area contributed by atoms with E-state index in [2.05, 4.69) is 4.74 Å². The third-order valence-corrected chi connectivity index (χ3v) is 3.26. The van der Waals surface area contributed by atoms with Gasteiger partial charge in [-0.25, -0.2) is 0 Å². The SMILES string of the molecule is CCC(C)N(CC(=O)O)C(=O)Cc1ccc(OC(F)(F)F)cc1. The zero-order chi connectivity index (χ0) is 17.6. The monoisotopic (exact) mass is 333 g/mol. The molecule has 0 spiro atoms. The van der Waals surface area contributed by atoms with Gasteiger partial charge in [0, 0.05) is 6.04 Å². The van der Waals surface area contributed by atoms with E-state index in [0.29, 0.717) is 12.0 Å². The average molecular weight is 333 g/mol. The number of hydrogen-bond donors (Lipinski definition) is 1. The molecular weight excluding hydrogens is 315 g/mol. The van der Waals surface area contributed by atoms with Crippen molar-refractivity contribution in [3.8, 4) is 5.75 Å². The van der Waals surface area contributed by atoms with Crippen LogP contribution in [-0.4, -0.2) is 40.8 Å². The number of carboxylic acid groups (broad SMARTS) is 1. The van der Waals surface area contributed by atoms with E-state index in [0.717, 1.165) is 12.1 Å². The van der Waals surface area contributed by atoms with E-state index in [-0.39, 0.29) is 18.2 Å². The number of carbonyl (C=O) groups excluding carboxylic acids is 1. The van der Waals surface area contributed by atoms with Crippen LogP contribution in [0.3, 0.4) is 0 Å². The van der Waals surface area contributed by atoms with Gasteiger partial charge in [0.2, 0.25) is 5.91 Å². The van der Waals surface area contributed by atoms with Crippen molar-refractivity contribution in [2.45, 2.75) is 39.1 Å². The van der Waals surface area contributed by atoms with Gasteiger partial charge in [-0.15, -0.1) is 13.2 Å². The van der Waals surface area contributed by atoms with E-state index < -0.39 is 24.8 Å². The minimum atomic E-state index is -4.77. The van der Waals surface area contributed by atoms with Crippen LogP contribution in [0.2, 0.25) is 0 Å². The van der Waals surface area contributed by atoms with Gasteiger partial charge in [-0.05, 0) is 31.0 Å². The van der Waals surface area contributed by atoms with Crippen LogP contribution in [0.5, 0.6) is 5.75 Å². The molecule has 0 aromatic heterocycles. The quantitative estimate of drug-likeness (QED) is 0.833. The van der Waals surface area contributed by atoms with E-state index in [1.54, 1.807) is 6.92 Å². The zero-order valence-electron chi connectivity index (χ0n) is 12.8. The highest BCUT2D eigenvalue weighted by Crippen LogP contribution is 2.23. The summed E-state index contributed by atoms with van der Waals surface area (Å²) in [6, 6.07) is 4.66. The Bertz CT molecular complexity index is 543. The molecule has 1 amide bonds. The Balaban J connectivity index is 2.76. The molecule has 0 radical (unpaired) electrons. The normalized spacial score (nSPS) is 12.6. The second-order valence-electron chi connectivity index (χ2n) is 5.04. The van der Waals surface area contributed by atoms with Crippen molar-refractivity contribution < 1.29 is 32.6 Å². The van der Waals surface area contributed by atoms with E-state index in [1.807, 2.05) is 6.92 Å². The highest BCUT2D eigenvalue weighted by molar-refractivity contribution is 5.83. The molecule has 0 fully saturated rings. The minimum Gasteiger partial charge on any atom is -0.480 e. The lowest BCUT2D eigenvalue weighted by molar-refractivity contribution is -0.274. The fourth-order valence-corrected chi connectivity index (χ4v) is 1.94. The summed E-state index contributed by atoms with van der Waals surface area (Å²) < 4.78 is 39.9. The van der Waals surface area contributed by atoms with Gasteiger partial charge in [0.15, 0.2) is 0 Å². The fraction of sp³-hybridized carbons (Fsp3) is 0.467. The lowest BCUT2D eigenvalue weighted by Crippen LogP contribution is -2.42. The zero-order valence-corrected chi connectivity index (χ0v) is 12.8. The Morgan fingerprint density at radius 3 is 2.26 bits per heavy atom. The Morgan fingerprint density at radius 1 is 1.26 bits per heavy atom. The van der Waals surface area contributed by atoms with Gasteiger partial charge >= 0.3 is 12.3 Å². The molecule has 1 rings (SSSR count). The second-order valence-corrected chi connectivity index (χ2v) is 5.04. The molecule has 1 aromatic rings. The number of ether oxygens (including phenoxy) is 1. The number of carboxylic acids is 1. The van der Waals surface area contributed by atoms with Gasteiger partial charge in [-0.1, -0.05) is 19.1 Å². The van der Waals surface area contributed by atoms with Crippen LogP contribution >= 0.6 is 0 Å². The molecular formula is C15H18F3NO4. The largest absolute Gasteiger partial charge is 0.573 e. The predicted molar refractivity (Wildman–Crippen MR) is 75.9 cm³/mol. The van der Waals surface area contributed by atoms with Crippen LogP contribution in [0, 0.1) is 0 Å². The molecule has 0 aliphatic carbocycles. The van der Waals surface area contributed by atoms with Crippen molar-refractivity contribution in [2.75, 3.05) is 6.54 Å². The highest BCUT2D eigenvalue weighted by Gasteiger charge is 2.31. The molecule has 1 atom stereocenters. The van der Waals surface area contributed by atoms with Gasteiger partial charge in [0.25, 0.3) is 0 Å². The second kappa shape index (κ2) is 7.85. The van der Waals surface area contributed by atoms with Gasteiger partial charge in [0.05, 0.1) is 6.42 Å². The summed E-state index contributed by atoms with van der Waals surface area (Å²) in [6.45, 7) is 3.15. The highest BCUT2D eigenvalue weighted by atomic mass is 19.4. The maximum Gasteiger partial charge on any atom is 0.573 e. The Labute approximate surface area is 131 Å². The molecule has 0 aliphatic heterocycles. The maximum absolute atomic E-state index is 12.2. The molecule has 1 aromatic carbocycles. The summed E-state index contributed by atoms with van der Waals surface area (Å²) in [7, 11) is 0. The number of hydrogen-bond acceptors (Lipinski definition) is 3. The average Bonchev–Trinajstić information content (AvgIpc) is 2.44. The van der Waals surface area contributed by atoms with Crippen molar-refractivity contribution in [1.29, 1.82) is 0 Å². The summed E-state index contributed by atoms with van der Waals surface area (Å²) in [6.07, 6.45) is -4.27. The third kappa shape index (κ3) is 6.58. The standard InChI is InChI=1S/C15H18F3NO4/c1-3-10(2)19(9-14(21)22)13(20)8-11-4-6-12(7-5-11)23-15(16,17)18/h4-7,10H,3,8-9H2,1-2H3,(H,21,22). The van der Waals surface area contributed by atoms with E-state index in [4.69, 9.17) is 5.11 Å². The first-order valence-corrected chi connectivity index (χ1v) is 6.98. The van der Waals surface area contributed by atoms with E-state index in [9.17, 15) is 22.8 Å². The molecule has 5 nitrogen and oxygen atoms in total. The first-order chi connectivity index (χ1) is 10.6. The first-order valence-electron chi connectivity index (χ1n) is 6.98. The minimum absolute atomic E-state index is 0.0933. The van der Waals surface area contributed by atoms with Crippen molar-refractivity contribution in [1.82, 2.24) is 4.90 Å². The van der Waals surface area contributed by atoms with Crippen LogP contribution in [0.25, 0.3) is 0 Å². The van der Waals surface area contributed by atoms with Crippen molar-refractivity contribution in [3.63, 3.8) is 0 Å². The molecule has 0 bridgehead atoms. The smallest absolute Gasteiger partial charge is 0.480 e. The number of aliphatic carboxylic acids is 1. The molecule has 0 aliphatic rings. The summed E-state index contributed by atoms with van der Waals surface area (Å²) in [5.74, 6) is -1.89. The molecule has 8 heteroatoms. The number of alkyl halides is 3. The third-order valence-electron chi connectivity index (χ3n) is 3.26. The molecule has 1 unspecified atom stereocenters. The Kier molecular flexibility index (Phi) is 6.41. The number of halogens is 3. The number of rotatable bonds is 7. The van der Waals surface area contributed by atoms with Crippen LogP contribution in [0.4, 0.5) is 13.2 Å². The van der Waals surface area contributed by atoms with Gasteiger partial charge in [-0.2, -0.15) is 0 Å². The lowest BCUT2D eigenvalue weighted by Gasteiger charge is -2.27. The molecule has 0 saturated carbocycles. The van der Waals surface area contributed by atoms with Crippen LogP contribution in [0.1, 0.15) is 25.8 Å². The number of benzene rings is 1. The number of amides is 1. The number of nitrogens with zero attached hydrogens (tertiary/aromatic N) is 1. The van der Waals surface area contributed by atoms with Crippen LogP contribution < -0.4 is 4.74 Å². The van der Waals surface area contributed by atoms with Gasteiger partial charge in [0.1, 0.15) is 12.3 Å². The Hall–Kier alpha value is -2.25. The molecule has 23 heavy (non-hydrogen) atoms. The predicted octanol–water partition coefficient (Wildman–Crippen LogP) is 2.84. The van der Waals surface area contributed by atoms with Gasteiger partial charge < -0.3 is 14.7 Å². The molecule has 0 saturated heterocycles. The Morgan fingerprint density at radius 2 is 1.83 bits per heavy atom. The first kappa shape index (κ1) is 18.8. The summed E-state index contributed by atoms with van der Waals surface area (Å²) in [4.78, 5) is 24.3. The lowest BCUT2D eigenvalue weighted by atomic mass is 10.1. The maximum atomic E-state index is 12.2. The van der Waals surface area contributed by atoms with E-state index >= 15 is 0 Å². The van der Waals surface area contributed by atoms with Crippen molar-refractivity contribution in [2.24, 2.45) is 0 Å². The number of carbonyl (C=O) groups is 2.